The summed E-state index contributed by atoms with van der Waals surface area (Å²) in [5, 5.41) is 6.73. The Morgan fingerprint density at radius 1 is 1.20 bits per heavy atom. The fraction of sp³-hybridized carbons (Fsp3) is 0.211. The van der Waals surface area contributed by atoms with Gasteiger partial charge >= 0.3 is 0 Å². The Kier molecular flexibility index (Phi) is 5.09. The molecule has 6 nitrogen and oxygen atoms in total. The highest BCUT2D eigenvalue weighted by molar-refractivity contribution is 5.91. The van der Waals surface area contributed by atoms with Crippen LogP contribution in [0.3, 0.4) is 0 Å². The second kappa shape index (κ2) is 7.61. The molecule has 6 heteroatoms. The minimum Gasteiger partial charge on any atom is -0.484 e. The van der Waals surface area contributed by atoms with E-state index in [1.807, 2.05) is 50.2 Å². The van der Waals surface area contributed by atoms with Crippen molar-refractivity contribution in [1.29, 1.82) is 0 Å². The Morgan fingerprint density at radius 2 is 2.00 bits per heavy atom. The van der Waals surface area contributed by atoms with Gasteiger partial charge in [-0.1, -0.05) is 41.9 Å². The molecule has 0 aliphatic rings. The van der Waals surface area contributed by atoms with Crippen molar-refractivity contribution >= 4 is 11.6 Å². The third kappa shape index (κ3) is 4.44. The molecule has 2 aromatic carbocycles. The van der Waals surface area contributed by atoms with E-state index in [0.717, 1.165) is 16.8 Å². The first-order valence-corrected chi connectivity index (χ1v) is 8.06. The van der Waals surface area contributed by atoms with Crippen LogP contribution in [-0.4, -0.2) is 22.7 Å². The maximum atomic E-state index is 12.0. The number of ether oxygens (including phenoxy) is 1. The number of nitrogens with zero attached hydrogens (tertiary/aromatic N) is 2. The van der Waals surface area contributed by atoms with Gasteiger partial charge in [0.1, 0.15) is 5.75 Å². The summed E-state index contributed by atoms with van der Waals surface area (Å²) >= 11 is 0. The fourth-order valence-electron chi connectivity index (χ4n) is 2.22. The van der Waals surface area contributed by atoms with Gasteiger partial charge in [0.25, 0.3) is 5.91 Å². The SMILES string of the molecule is CCc1nc(-c2cccc(OCC(=O)Nc3ccc(C)cc3)c2)no1. The van der Waals surface area contributed by atoms with Gasteiger partial charge in [-0.15, -0.1) is 0 Å². The standard InChI is InChI=1S/C19H19N3O3/c1-3-18-21-19(22-25-18)14-5-4-6-16(11-14)24-12-17(23)20-15-9-7-13(2)8-10-15/h4-11H,3,12H2,1-2H3,(H,20,23). The number of hydrogen-bond donors (Lipinski definition) is 1. The highest BCUT2D eigenvalue weighted by Gasteiger charge is 2.09. The third-order valence-electron chi connectivity index (χ3n) is 3.57. The number of amides is 1. The van der Waals surface area contributed by atoms with Gasteiger partial charge in [0.15, 0.2) is 6.61 Å². The van der Waals surface area contributed by atoms with Crippen molar-refractivity contribution in [1.82, 2.24) is 10.1 Å². The summed E-state index contributed by atoms with van der Waals surface area (Å²) in [4.78, 5) is 16.3. The Bertz CT molecular complexity index is 856. The second-order valence-corrected chi connectivity index (χ2v) is 5.60. The average molecular weight is 337 g/mol. The molecule has 0 radical (unpaired) electrons. The van der Waals surface area contributed by atoms with E-state index in [2.05, 4.69) is 15.5 Å². The van der Waals surface area contributed by atoms with Gasteiger partial charge in [0, 0.05) is 17.7 Å². The van der Waals surface area contributed by atoms with Crippen molar-refractivity contribution in [2.75, 3.05) is 11.9 Å². The molecular weight excluding hydrogens is 318 g/mol. The van der Waals surface area contributed by atoms with Crippen LogP contribution in [0.2, 0.25) is 0 Å². The predicted molar refractivity (Wildman–Crippen MR) is 94.4 cm³/mol. The van der Waals surface area contributed by atoms with Gasteiger partial charge in [-0.05, 0) is 31.2 Å². The van der Waals surface area contributed by atoms with Crippen molar-refractivity contribution in [3.05, 3.63) is 60.0 Å². The van der Waals surface area contributed by atoms with E-state index in [1.54, 1.807) is 12.1 Å². The number of carbonyl (C=O) groups is 1. The largest absolute Gasteiger partial charge is 0.484 e. The summed E-state index contributed by atoms with van der Waals surface area (Å²) in [7, 11) is 0. The molecule has 0 saturated carbocycles. The first kappa shape index (κ1) is 16.7. The number of benzene rings is 2. The summed E-state index contributed by atoms with van der Waals surface area (Å²) < 4.78 is 10.7. The van der Waals surface area contributed by atoms with Crippen LogP contribution < -0.4 is 10.1 Å². The highest BCUT2D eigenvalue weighted by atomic mass is 16.5. The molecule has 0 fully saturated rings. The van der Waals surface area contributed by atoms with E-state index >= 15 is 0 Å². The van der Waals surface area contributed by atoms with Crippen LogP contribution in [-0.2, 0) is 11.2 Å². The summed E-state index contributed by atoms with van der Waals surface area (Å²) in [6, 6.07) is 14.8. The van der Waals surface area contributed by atoms with E-state index < -0.39 is 0 Å². The topological polar surface area (TPSA) is 77.2 Å². The van der Waals surface area contributed by atoms with Crippen LogP contribution in [0, 0.1) is 6.92 Å². The van der Waals surface area contributed by atoms with Gasteiger partial charge in [0.05, 0.1) is 0 Å². The maximum absolute atomic E-state index is 12.0. The van der Waals surface area contributed by atoms with Crippen LogP contribution >= 0.6 is 0 Å². The van der Waals surface area contributed by atoms with Gasteiger partial charge in [-0.3, -0.25) is 4.79 Å². The summed E-state index contributed by atoms with van der Waals surface area (Å²) in [5.74, 6) is 1.44. The van der Waals surface area contributed by atoms with Crippen molar-refractivity contribution < 1.29 is 14.1 Å². The minimum atomic E-state index is -0.220. The van der Waals surface area contributed by atoms with Gasteiger partial charge in [-0.2, -0.15) is 4.98 Å². The molecule has 1 amide bonds. The van der Waals surface area contributed by atoms with E-state index in [1.165, 1.54) is 0 Å². The third-order valence-corrected chi connectivity index (χ3v) is 3.57. The average Bonchev–Trinajstić information content (AvgIpc) is 3.11. The van der Waals surface area contributed by atoms with E-state index in [9.17, 15) is 4.79 Å². The summed E-state index contributed by atoms with van der Waals surface area (Å²) in [6.45, 7) is 3.86. The van der Waals surface area contributed by atoms with E-state index in [-0.39, 0.29) is 12.5 Å². The van der Waals surface area contributed by atoms with Crippen molar-refractivity contribution in [3.8, 4) is 17.1 Å². The predicted octanol–water partition coefficient (Wildman–Crippen LogP) is 3.62. The Morgan fingerprint density at radius 3 is 2.72 bits per heavy atom. The smallest absolute Gasteiger partial charge is 0.262 e. The lowest BCUT2D eigenvalue weighted by Crippen LogP contribution is -2.20. The molecule has 0 aliphatic carbocycles. The monoisotopic (exact) mass is 337 g/mol. The van der Waals surface area contributed by atoms with Crippen molar-refractivity contribution in [3.63, 3.8) is 0 Å². The minimum absolute atomic E-state index is 0.0796. The van der Waals surface area contributed by atoms with Crippen LogP contribution in [0.25, 0.3) is 11.4 Å². The molecule has 1 N–H and O–H groups in total. The molecule has 3 rings (SSSR count). The Hall–Kier alpha value is -3.15. The quantitative estimate of drug-likeness (QED) is 0.743. The van der Waals surface area contributed by atoms with Crippen LogP contribution in [0.1, 0.15) is 18.4 Å². The molecule has 0 spiro atoms. The molecule has 0 unspecified atom stereocenters. The normalized spacial score (nSPS) is 10.5. The van der Waals surface area contributed by atoms with Crippen molar-refractivity contribution in [2.24, 2.45) is 0 Å². The number of rotatable bonds is 6. The van der Waals surface area contributed by atoms with Crippen molar-refractivity contribution in [2.45, 2.75) is 20.3 Å². The molecular formula is C19H19N3O3. The first-order chi connectivity index (χ1) is 12.1. The maximum Gasteiger partial charge on any atom is 0.262 e. The van der Waals surface area contributed by atoms with Gasteiger partial charge in [-0.25, -0.2) is 0 Å². The van der Waals surface area contributed by atoms with Crippen LogP contribution in [0.15, 0.2) is 53.1 Å². The Labute approximate surface area is 145 Å². The van der Waals surface area contributed by atoms with Crippen LogP contribution in [0.5, 0.6) is 5.75 Å². The molecule has 0 atom stereocenters. The number of carbonyl (C=O) groups excluding carboxylic acids is 1. The number of aryl methyl sites for hydroxylation is 2. The molecule has 128 valence electrons. The molecule has 3 aromatic rings. The second-order valence-electron chi connectivity index (χ2n) is 5.60. The molecule has 25 heavy (non-hydrogen) atoms. The molecule has 0 aliphatic heterocycles. The number of nitrogens with one attached hydrogen (secondary N) is 1. The first-order valence-electron chi connectivity index (χ1n) is 8.06. The fourth-order valence-corrected chi connectivity index (χ4v) is 2.22. The number of anilines is 1. The number of aromatic nitrogens is 2. The molecule has 1 aromatic heterocycles. The van der Waals surface area contributed by atoms with Gasteiger partial charge in [0.2, 0.25) is 11.7 Å². The molecule has 0 saturated heterocycles. The van der Waals surface area contributed by atoms with Gasteiger partial charge < -0.3 is 14.6 Å². The zero-order valence-corrected chi connectivity index (χ0v) is 14.2. The van der Waals surface area contributed by atoms with E-state index in [0.29, 0.717) is 23.9 Å². The zero-order chi connectivity index (χ0) is 17.6. The number of hydrogen-bond acceptors (Lipinski definition) is 5. The lowest BCUT2D eigenvalue weighted by molar-refractivity contribution is -0.118. The van der Waals surface area contributed by atoms with Crippen LogP contribution in [0.4, 0.5) is 5.69 Å². The lowest BCUT2D eigenvalue weighted by atomic mass is 10.2. The molecule has 0 bridgehead atoms. The molecule has 1 heterocycles. The Balaban J connectivity index is 1.60. The summed E-state index contributed by atoms with van der Waals surface area (Å²) in [6.07, 6.45) is 0.683. The van der Waals surface area contributed by atoms with E-state index in [4.69, 9.17) is 9.26 Å². The lowest BCUT2D eigenvalue weighted by Gasteiger charge is -2.08. The zero-order valence-electron chi connectivity index (χ0n) is 14.2. The summed E-state index contributed by atoms with van der Waals surface area (Å²) in [5.41, 5.74) is 2.66. The highest BCUT2D eigenvalue weighted by Crippen LogP contribution is 2.21.